The second kappa shape index (κ2) is 6.34. The topological polar surface area (TPSA) is 65.1 Å². The quantitative estimate of drug-likeness (QED) is 0.433. The van der Waals surface area contributed by atoms with Gasteiger partial charge in [-0.25, -0.2) is 0 Å². The maximum absolute atomic E-state index is 5.17. The van der Waals surface area contributed by atoms with Crippen LogP contribution in [0.2, 0.25) is 0 Å². The zero-order valence-corrected chi connectivity index (χ0v) is 10.5. The fraction of sp³-hybridized carbons (Fsp3) is 0.545. The van der Waals surface area contributed by atoms with Gasteiger partial charge in [0.15, 0.2) is 5.11 Å². The Hall–Kier alpha value is -1.43. The van der Waals surface area contributed by atoms with Crippen molar-refractivity contribution in [2.24, 2.45) is 5.10 Å². The lowest BCUT2D eigenvalue weighted by atomic mass is 9.96. The zero-order valence-electron chi connectivity index (χ0n) is 9.65. The molecule has 1 heterocycles. The minimum absolute atomic E-state index is 0.504. The highest BCUT2D eigenvalue weighted by atomic mass is 32.1. The van der Waals surface area contributed by atoms with Crippen LogP contribution < -0.4 is 10.7 Å². The Balaban J connectivity index is 1.70. The molecule has 0 spiro atoms. The number of thiocarbonyl (C=S) groups is 1. The number of hydrazone groups is 1. The van der Waals surface area contributed by atoms with Gasteiger partial charge in [-0.2, -0.15) is 10.2 Å². The first-order valence-electron chi connectivity index (χ1n) is 5.94. The van der Waals surface area contributed by atoms with E-state index >= 15 is 0 Å². The summed E-state index contributed by atoms with van der Waals surface area (Å²) >= 11 is 5.17. The van der Waals surface area contributed by atoms with Crippen LogP contribution in [0.15, 0.2) is 17.4 Å². The highest BCUT2D eigenvalue weighted by Crippen LogP contribution is 2.17. The molecular weight excluding hydrogens is 234 g/mol. The summed E-state index contributed by atoms with van der Waals surface area (Å²) < 4.78 is 0. The fourth-order valence-electron chi connectivity index (χ4n) is 1.97. The van der Waals surface area contributed by atoms with Crippen LogP contribution in [-0.2, 0) is 0 Å². The number of aromatic nitrogens is 2. The summed E-state index contributed by atoms with van der Waals surface area (Å²) in [6.07, 6.45) is 9.70. The predicted octanol–water partition coefficient (Wildman–Crippen LogP) is 1.54. The zero-order chi connectivity index (χ0) is 11.9. The Morgan fingerprint density at radius 1 is 1.47 bits per heavy atom. The van der Waals surface area contributed by atoms with Gasteiger partial charge in [0.25, 0.3) is 0 Å². The van der Waals surface area contributed by atoms with E-state index in [0.29, 0.717) is 11.2 Å². The molecule has 1 aliphatic carbocycles. The number of hydrogen-bond donors (Lipinski definition) is 3. The van der Waals surface area contributed by atoms with E-state index in [9.17, 15) is 0 Å². The molecule has 0 saturated heterocycles. The van der Waals surface area contributed by atoms with E-state index in [2.05, 4.69) is 26.0 Å². The van der Waals surface area contributed by atoms with Gasteiger partial charge < -0.3 is 5.32 Å². The van der Waals surface area contributed by atoms with E-state index in [4.69, 9.17) is 12.2 Å². The highest BCUT2D eigenvalue weighted by molar-refractivity contribution is 7.80. The average Bonchev–Trinajstić information content (AvgIpc) is 2.83. The van der Waals surface area contributed by atoms with Crippen molar-refractivity contribution >= 4 is 23.5 Å². The van der Waals surface area contributed by atoms with E-state index < -0.39 is 0 Å². The van der Waals surface area contributed by atoms with Gasteiger partial charge in [0, 0.05) is 12.2 Å². The molecule has 0 bridgehead atoms. The van der Waals surface area contributed by atoms with Crippen LogP contribution in [-0.4, -0.2) is 27.6 Å². The van der Waals surface area contributed by atoms with Crippen molar-refractivity contribution in [3.8, 4) is 0 Å². The molecular formula is C11H17N5S. The Morgan fingerprint density at radius 3 is 3.00 bits per heavy atom. The molecule has 5 nitrogen and oxygen atoms in total. The molecule has 1 aliphatic rings. The monoisotopic (exact) mass is 251 g/mol. The van der Waals surface area contributed by atoms with Crippen LogP contribution in [0.3, 0.4) is 0 Å². The van der Waals surface area contributed by atoms with Crippen molar-refractivity contribution in [3.63, 3.8) is 0 Å². The van der Waals surface area contributed by atoms with Gasteiger partial charge in [-0.15, -0.1) is 0 Å². The molecule has 3 N–H and O–H groups in total. The summed E-state index contributed by atoms with van der Waals surface area (Å²) in [5.74, 6) is 0. The van der Waals surface area contributed by atoms with Crippen LogP contribution in [0.25, 0.3) is 0 Å². The first-order chi connectivity index (χ1) is 8.34. The van der Waals surface area contributed by atoms with Gasteiger partial charge in [0.1, 0.15) is 5.69 Å². The van der Waals surface area contributed by atoms with Crippen LogP contribution in [0, 0.1) is 0 Å². The van der Waals surface area contributed by atoms with Crippen molar-refractivity contribution < 1.29 is 0 Å². The Labute approximate surface area is 106 Å². The van der Waals surface area contributed by atoms with Gasteiger partial charge in [-0.05, 0) is 31.1 Å². The summed E-state index contributed by atoms with van der Waals surface area (Å²) in [5, 5.41) is 14.5. The van der Waals surface area contributed by atoms with Crippen molar-refractivity contribution in [2.45, 2.75) is 38.1 Å². The lowest BCUT2D eigenvalue weighted by Crippen LogP contribution is -2.40. The minimum Gasteiger partial charge on any atom is -0.359 e. The Bertz CT molecular complexity index is 367. The number of H-pyrrole nitrogens is 1. The number of nitrogens with one attached hydrogen (secondary N) is 3. The second-order valence-corrected chi connectivity index (χ2v) is 4.59. The molecule has 1 fully saturated rings. The molecule has 0 aliphatic heterocycles. The number of rotatable bonds is 3. The molecule has 1 saturated carbocycles. The molecule has 0 atom stereocenters. The van der Waals surface area contributed by atoms with E-state index in [1.807, 2.05) is 6.07 Å². The third-order valence-corrected chi connectivity index (χ3v) is 3.03. The molecule has 0 unspecified atom stereocenters. The molecule has 92 valence electrons. The maximum atomic E-state index is 5.17. The number of hydrogen-bond acceptors (Lipinski definition) is 3. The molecule has 17 heavy (non-hydrogen) atoms. The van der Waals surface area contributed by atoms with E-state index in [1.54, 1.807) is 12.4 Å². The van der Waals surface area contributed by atoms with Crippen molar-refractivity contribution in [2.75, 3.05) is 0 Å². The molecule has 6 heteroatoms. The minimum atomic E-state index is 0.504. The molecule has 1 aromatic heterocycles. The largest absolute Gasteiger partial charge is 0.359 e. The summed E-state index contributed by atoms with van der Waals surface area (Å²) in [4.78, 5) is 0. The highest BCUT2D eigenvalue weighted by Gasteiger charge is 2.13. The Morgan fingerprint density at radius 2 is 2.29 bits per heavy atom. The lowest BCUT2D eigenvalue weighted by Gasteiger charge is -2.23. The van der Waals surface area contributed by atoms with Gasteiger partial charge >= 0.3 is 0 Å². The molecule has 0 radical (unpaired) electrons. The summed E-state index contributed by atoms with van der Waals surface area (Å²) in [6, 6.07) is 2.34. The SMILES string of the molecule is S=C(NN=Cc1cc[nH]n1)NC1CCCCC1. The van der Waals surface area contributed by atoms with E-state index in [1.165, 1.54) is 32.1 Å². The predicted molar refractivity (Wildman–Crippen MR) is 71.9 cm³/mol. The smallest absolute Gasteiger partial charge is 0.187 e. The van der Waals surface area contributed by atoms with Gasteiger partial charge in [-0.1, -0.05) is 19.3 Å². The van der Waals surface area contributed by atoms with Gasteiger partial charge in [-0.3, -0.25) is 10.5 Å². The molecule has 1 aromatic rings. The van der Waals surface area contributed by atoms with E-state index in [0.717, 1.165) is 5.69 Å². The van der Waals surface area contributed by atoms with Crippen molar-refractivity contribution in [3.05, 3.63) is 18.0 Å². The number of nitrogens with zero attached hydrogens (tertiary/aromatic N) is 2. The van der Waals surface area contributed by atoms with Crippen LogP contribution >= 0.6 is 12.2 Å². The summed E-state index contributed by atoms with van der Waals surface area (Å²) in [5.41, 5.74) is 3.58. The summed E-state index contributed by atoms with van der Waals surface area (Å²) in [6.45, 7) is 0. The normalized spacial score (nSPS) is 17.2. The van der Waals surface area contributed by atoms with Crippen LogP contribution in [0.5, 0.6) is 0 Å². The first kappa shape index (κ1) is 12.0. The third kappa shape index (κ3) is 4.14. The molecule has 2 rings (SSSR count). The standard InChI is InChI=1S/C11H17N5S/c17-11(14-9-4-2-1-3-5-9)16-13-8-10-6-7-12-15-10/h6-9H,1-5H2,(H,12,15)(H2,14,16,17). The average molecular weight is 251 g/mol. The van der Waals surface area contributed by atoms with Gasteiger partial charge in [0.2, 0.25) is 0 Å². The molecule has 0 amide bonds. The number of aromatic amines is 1. The van der Waals surface area contributed by atoms with Crippen LogP contribution in [0.4, 0.5) is 0 Å². The van der Waals surface area contributed by atoms with E-state index in [-0.39, 0.29) is 0 Å². The summed E-state index contributed by atoms with van der Waals surface area (Å²) in [7, 11) is 0. The lowest BCUT2D eigenvalue weighted by molar-refractivity contribution is 0.412. The maximum Gasteiger partial charge on any atom is 0.187 e. The Kier molecular flexibility index (Phi) is 4.49. The third-order valence-electron chi connectivity index (χ3n) is 2.83. The first-order valence-corrected chi connectivity index (χ1v) is 6.35. The fourth-order valence-corrected chi connectivity index (χ4v) is 2.18. The van der Waals surface area contributed by atoms with Crippen molar-refractivity contribution in [1.29, 1.82) is 0 Å². The second-order valence-electron chi connectivity index (χ2n) is 4.18. The van der Waals surface area contributed by atoms with Crippen LogP contribution in [0.1, 0.15) is 37.8 Å². The van der Waals surface area contributed by atoms with Gasteiger partial charge in [0.05, 0.1) is 6.21 Å². The van der Waals surface area contributed by atoms with Crippen molar-refractivity contribution in [1.82, 2.24) is 20.9 Å². The molecule has 0 aromatic carbocycles.